The van der Waals surface area contributed by atoms with Gasteiger partial charge in [0.05, 0.1) is 10.7 Å². The van der Waals surface area contributed by atoms with Crippen LogP contribution in [0, 0.1) is 0 Å². The Hall–Kier alpha value is -3.50. The zero-order valence-corrected chi connectivity index (χ0v) is 25.2. The summed E-state index contributed by atoms with van der Waals surface area (Å²) in [7, 11) is 0. The highest BCUT2D eigenvalue weighted by Gasteiger charge is 2.28. The van der Waals surface area contributed by atoms with E-state index in [1.807, 2.05) is 56.5 Å². The molecule has 8 nitrogen and oxygen atoms in total. The summed E-state index contributed by atoms with van der Waals surface area (Å²) >= 11 is 4.93. The summed E-state index contributed by atoms with van der Waals surface area (Å²) in [6.07, 6.45) is 2.87. The molecular weight excluding hydrogens is 592 g/mol. The molecule has 0 aliphatic carbocycles. The molecule has 2 N–H and O–H groups in total. The Bertz CT molecular complexity index is 1360. The van der Waals surface area contributed by atoms with Crippen LogP contribution in [0.5, 0.6) is 0 Å². The Morgan fingerprint density at radius 3 is 2.40 bits per heavy atom. The van der Waals surface area contributed by atoms with Crippen molar-refractivity contribution in [1.82, 2.24) is 20.5 Å². The third-order valence-electron chi connectivity index (χ3n) is 6.22. The van der Waals surface area contributed by atoms with Gasteiger partial charge in [-0.1, -0.05) is 46.3 Å². The van der Waals surface area contributed by atoms with Crippen LogP contribution in [0.4, 0.5) is 4.79 Å². The maximum atomic E-state index is 13.2. The van der Waals surface area contributed by atoms with E-state index < -0.39 is 11.5 Å². The average molecular weight is 626 g/mol. The lowest BCUT2D eigenvalue weighted by Gasteiger charge is -2.32. The lowest BCUT2D eigenvalue weighted by atomic mass is 9.98. The van der Waals surface area contributed by atoms with E-state index in [0.717, 1.165) is 27.9 Å². The molecule has 0 bridgehead atoms. The molecular formula is C30H33BrN4O4S. The van der Waals surface area contributed by atoms with Crippen molar-refractivity contribution in [2.75, 3.05) is 13.1 Å². The van der Waals surface area contributed by atoms with Crippen molar-refractivity contribution >= 4 is 51.3 Å². The average Bonchev–Trinajstić information content (AvgIpc) is 3.40. The summed E-state index contributed by atoms with van der Waals surface area (Å²) in [6.45, 7) is 7.09. The van der Waals surface area contributed by atoms with E-state index >= 15 is 0 Å². The summed E-state index contributed by atoms with van der Waals surface area (Å²) in [5.41, 5.74) is 1.56. The highest BCUT2D eigenvalue weighted by atomic mass is 79.9. The second-order valence-corrected chi connectivity index (χ2v) is 12.3. The van der Waals surface area contributed by atoms with Gasteiger partial charge in [-0.3, -0.25) is 9.59 Å². The first-order valence-electron chi connectivity index (χ1n) is 13.1. The Morgan fingerprint density at radius 2 is 1.75 bits per heavy atom. The van der Waals surface area contributed by atoms with Gasteiger partial charge in [-0.05, 0) is 69.5 Å². The summed E-state index contributed by atoms with van der Waals surface area (Å²) in [5, 5.41) is 8.47. The number of halogens is 1. The van der Waals surface area contributed by atoms with E-state index in [-0.39, 0.29) is 23.6 Å². The number of nitrogens with one attached hydrogen (secondary N) is 2. The molecule has 1 fully saturated rings. The molecule has 1 aliphatic rings. The molecule has 2 aromatic carbocycles. The van der Waals surface area contributed by atoms with Crippen molar-refractivity contribution in [3.05, 3.63) is 92.0 Å². The minimum atomic E-state index is -0.525. The maximum absolute atomic E-state index is 13.2. The SMILES string of the molecule is CC(C)(C)OC(=O)N1CCC(c2nc(/C=C(\NC(=O)c3ccccc3)C(=O)NCc3ccc(Br)cc3)cs2)CC1. The van der Waals surface area contributed by atoms with E-state index in [9.17, 15) is 14.4 Å². The molecule has 1 saturated heterocycles. The summed E-state index contributed by atoms with van der Waals surface area (Å²) < 4.78 is 6.45. The molecule has 40 heavy (non-hydrogen) atoms. The predicted octanol–water partition coefficient (Wildman–Crippen LogP) is 6.11. The van der Waals surface area contributed by atoms with E-state index in [2.05, 4.69) is 26.6 Å². The van der Waals surface area contributed by atoms with Crippen LogP contribution in [0.15, 0.2) is 70.1 Å². The van der Waals surface area contributed by atoms with Gasteiger partial charge in [0.15, 0.2) is 0 Å². The van der Waals surface area contributed by atoms with Crippen molar-refractivity contribution < 1.29 is 19.1 Å². The molecule has 1 aliphatic heterocycles. The summed E-state index contributed by atoms with van der Waals surface area (Å²) in [4.78, 5) is 45.0. The standard InChI is InChI=1S/C30H33BrN4O4S/c1-30(2,3)39-29(38)35-15-13-22(14-16-35)28-33-24(19-40-28)17-25(34-26(36)21-7-5-4-6-8-21)27(37)32-18-20-9-11-23(31)12-10-20/h4-12,17,19,22H,13-16,18H2,1-3H3,(H,32,37)(H,34,36)/b25-17-. The van der Waals surface area contributed by atoms with E-state index in [1.54, 1.807) is 35.2 Å². The monoisotopic (exact) mass is 624 g/mol. The fourth-order valence-electron chi connectivity index (χ4n) is 4.16. The van der Waals surface area contributed by atoms with Crippen LogP contribution < -0.4 is 10.6 Å². The first-order valence-corrected chi connectivity index (χ1v) is 14.8. The smallest absolute Gasteiger partial charge is 0.410 e. The van der Waals surface area contributed by atoms with Gasteiger partial charge in [-0.15, -0.1) is 11.3 Å². The second-order valence-electron chi connectivity index (χ2n) is 10.5. The highest BCUT2D eigenvalue weighted by molar-refractivity contribution is 9.10. The first-order chi connectivity index (χ1) is 19.1. The number of nitrogens with zero attached hydrogens (tertiary/aromatic N) is 2. The number of thiazole rings is 1. The minimum absolute atomic E-state index is 0.113. The fourth-order valence-corrected chi connectivity index (χ4v) is 5.37. The molecule has 4 rings (SSSR count). The molecule has 0 unspecified atom stereocenters. The van der Waals surface area contributed by atoms with Gasteiger partial charge in [-0.2, -0.15) is 0 Å². The number of hydrogen-bond donors (Lipinski definition) is 2. The maximum Gasteiger partial charge on any atom is 0.410 e. The number of likely N-dealkylation sites (tertiary alicyclic amines) is 1. The van der Waals surface area contributed by atoms with Crippen LogP contribution in [0.25, 0.3) is 6.08 Å². The van der Waals surface area contributed by atoms with Crippen molar-refractivity contribution in [3.63, 3.8) is 0 Å². The molecule has 3 amide bonds. The number of hydrogen-bond acceptors (Lipinski definition) is 6. The number of amides is 3. The van der Waals surface area contributed by atoms with E-state index in [0.29, 0.717) is 30.9 Å². The molecule has 2 heterocycles. The number of benzene rings is 2. The normalized spacial score (nSPS) is 14.5. The van der Waals surface area contributed by atoms with Crippen LogP contribution in [-0.2, 0) is 16.1 Å². The molecule has 0 spiro atoms. The van der Waals surface area contributed by atoms with Crippen molar-refractivity contribution in [2.45, 2.75) is 51.7 Å². The highest BCUT2D eigenvalue weighted by Crippen LogP contribution is 2.31. The third kappa shape index (κ3) is 8.50. The van der Waals surface area contributed by atoms with Gasteiger partial charge in [0.25, 0.3) is 11.8 Å². The Morgan fingerprint density at radius 1 is 1.07 bits per heavy atom. The van der Waals surface area contributed by atoms with E-state index in [4.69, 9.17) is 9.72 Å². The Kier molecular flexibility index (Phi) is 9.76. The third-order valence-corrected chi connectivity index (χ3v) is 7.78. The molecule has 0 atom stereocenters. The largest absolute Gasteiger partial charge is 0.444 e. The minimum Gasteiger partial charge on any atom is -0.444 e. The topological polar surface area (TPSA) is 101 Å². The van der Waals surface area contributed by atoms with Gasteiger partial charge in [-0.25, -0.2) is 9.78 Å². The van der Waals surface area contributed by atoms with Gasteiger partial charge in [0, 0.05) is 41.0 Å². The van der Waals surface area contributed by atoms with Crippen LogP contribution in [0.1, 0.15) is 66.2 Å². The second kappa shape index (κ2) is 13.2. The van der Waals surface area contributed by atoms with Gasteiger partial charge in [0.2, 0.25) is 0 Å². The van der Waals surface area contributed by atoms with Crippen LogP contribution in [-0.4, -0.2) is 46.5 Å². The summed E-state index contributed by atoms with van der Waals surface area (Å²) in [5.74, 6) is -0.581. The number of aromatic nitrogens is 1. The van der Waals surface area contributed by atoms with Crippen molar-refractivity contribution in [3.8, 4) is 0 Å². The van der Waals surface area contributed by atoms with Gasteiger partial charge >= 0.3 is 6.09 Å². The zero-order chi connectivity index (χ0) is 28.7. The predicted molar refractivity (Wildman–Crippen MR) is 160 cm³/mol. The molecule has 210 valence electrons. The molecule has 0 saturated carbocycles. The number of carbonyl (C=O) groups excluding carboxylic acids is 3. The van der Waals surface area contributed by atoms with Crippen molar-refractivity contribution in [1.29, 1.82) is 0 Å². The lowest BCUT2D eigenvalue weighted by molar-refractivity contribution is -0.117. The fraction of sp³-hybridized carbons (Fsp3) is 0.333. The Labute approximate surface area is 247 Å². The van der Waals surface area contributed by atoms with Crippen LogP contribution >= 0.6 is 27.3 Å². The molecule has 0 radical (unpaired) electrons. The Balaban J connectivity index is 1.45. The molecule has 3 aromatic rings. The first kappa shape index (κ1) is 29.5. The zero-order valence-electron chi connectivity index (χ0n) is 22.8. The molecule has 1 aromatic heterocycles. The quantitative estimate of drug-likeness (QED) is 0.309. The lowest BCUT2D eigenvalue weighted by Crippen LogP contribution is -2.41. The number of rotatable bonds is 7. The van der Waals surface area contributed by atoms with Crippen LogP contribution in [0.2, 0.25) is 0 Å². The van der Waals surface area contributed by atoms with E-state index in [1.165, 1.54) is 11.3 Å². The summed E-state index contributed by atoms with van der Waals surface area (Å²) in [6, 6.07) is 16.4. The molecule has 10 heteroatoms. The van der Waals surface area contributed by atoms with Crippen molar-refractivity contribution in [2.24, 2.45) is 0 Å². The number of piperidine rings is 1. The van der Waals surface area contributed by atoms with Gasteiger partial charge in [0.1, 0.15) is 11.3 Å². The van der Waals surface area contributed by atoms with Crippen LogP contribution in [0.3, 0.4) is 0 Å². The number of carbonyl (C=O) groups is 3. The van der Waals surface area contributed by atoms with Gasteiger partial charge < -0.3 is 20.3 Å². The number of ether oxygens (including phenoxy) is 1.